The minimum atomic E-state index is -0.0485. The van der Waals surface area contributed by atoms with E-state index in [0.29, 0.717) is 6.54 Å². The minimum absolute atomic E-state index is 0.0436. The smallest absolute Gasteiger partial charge is 0.231 e. The summed E-state index contributed by atoms with van der Waals surface area (Å²) in [5.41, 5.74) is 0.893. The topological polar surface area (TPSA) is 54.3 Å². The van der Waals surface area contributed by atoms with Crippen LogP contribution in [0.5, 0.6) is 0 Å². The van der Waals surface area contributed by atoms with E-state index in [9.17, 15) is 9.59 Å². The van der Waals surface area contributed by atoms with Crippen LogP contribution >= 0.6 is 0 Å². The monoisotopic (exact) mass is 343 g/mol. The molecule has 0 aliphatic carbocycles. The molecule has 1 amide bonds. The number of hydrogen-bond acceptors (Lipinski definition) is 3. The normalized spacial score (nSPS) is 11.2. The molecule has 1 aromatic heterocycles. The second kappa shape index (κ2) is 9.99. The SMILES string of the molecule is CCN(CC)CCCCNC(=O)CCC(=O)n1ccc2ccccc21. The van der Waals surface area contributed by atoms with E-state index >= 15 is 0 Å². The highest BCUT2D eigenvalue weighted by molar-refractivity contribution is 5.93. The Morgan fingerprint density at radius 3 is 2.56 bits per heavy atom. The van der Waals surface area contributed by atoms with E-state index in [1.165, 1.54) is 0 Å². The van der Waals surface area contributed by atoms with Crippen molar-refractivity contribution in [2.45, 2.75) is 39.5 Å². The zero-order chi connectivity index (χ0) is 18.1. The van der Waals surface area contributed by atoms with Crippen LogP contribution in [0, 0.1) is 0 Å². The predicted octanol–water partition coefficient (Wildman–Crippen LogP) is 3.30. The molecule has 1 heterocycles. The number of amides is 1. The van der Waals surface area contributed by atoms with E-state index in [-0.39, 0.29) is 24.7 Å². The third kappa shape index (κ3) is 5.71. The summed E-state index contributed by atoms with van der Waals surface area (Å²) in [6.07, 6.45) is 4.29. The van der Waals surface area contributed by atoms with E-state index in [2.05, 4.69) is 24.1 Å². The number of nitrogens with one attached hydrogen (secondary N) is 1. The molecule has 0 unspecified atom stereocenters. The summed E-state index contributed by atoms with van der Waals surface area (Å²) in [7, 11) is 0. The summed E-state index contributed by atoms with van der Waals surface area (Å²) >= 11 is 0. The van der Waals surface area contributed by atoms with Crippen LogP contribution in [0.2, 0.25) is 0 Å². The Hall–Kier alpha value is -2.14. The molecule has 2 aromatic rings. The fraction of sp³-hybridized carbons (Fsp3) is 0.500. The molecular formula is C20H29N3O2. The lowest BCUT2D eigenvalue weighted by molar-refractivity contribution is -0.121. The number of carbonyl (C=O) groups is 2. The molecule has 0 fully saturated rings. The fourth-order valence-corrected chi connectivity index (χ4v) is 2.96. The van der Waals surface area contributed by atoms with Crippen molar-refractivity contribution in [3.05, 3.63) is 36.5 Å². The van der Waals surface area contributed by atoms with Crippen molar-refractivity contribution >= 4 is 22.7 Å². The molecule has 0 bridgehead atoms. The first-order chi connectivity index (χ1) is 12.2. The average molecular weight is 343 g/mol. The fourth-order valence-electron chi connectivity index (χ4n) is 2.96. The number of fused-ring (bicyclic) bond motifs is 1. The van der Waals surface area contributed by atoms with Gasteiger partial charge in [-0.1, -0.05) is 32.0 Å². The van der Waals surface area contributed by atoms with Crippen LogP contribution in [-0.4, -0.2) is 47.5 Å². The molecule has 25 heavy (non-hydrogen) atoms. The van der Waals surface area contributed by atoms with Gasteiger partial charge in [-0.2, -0.15) is 0 Å². The van der Waals surface area contributed by atoms with Gasteiger partial charge in [-0.05, 0) is 44.6 Å². The number of nitrogens with zero attached hydrogens (tertiary/aromatic N) is 2. The summed E-state index contributed by atoms with van der Waals surface area (Å²) in [4.78, 5) is 26.6. The Morgan fingerprint density at radius 2 is 1.80 bits per heavy atom. The molecule has 0 aliphatic rings. The molecule has 5 nitrogen and oxygen atoms in total. The predicted molar refractivity (Wildman–Crippen MR) is 102 cm³/mol. The van der Waals surface area contributed by atoms with Gasteiger partial charge >= 0.3 is 0 Å². The average Bonchev–Trinajstić information content (AvgIpc) is 3.07. The van der Waals surface area contributed by atoms with Gasteiger partial charge in [0.1, 0.15) is 0 Å². The van der Waals surface area contributed by atoms with Crippen molar-refractivity contribution in [1.82, 2.24) is 14.8 Å². The van der Waals surface area contributed by atoms with Gasteiger partial charge in [0.05, 0.1) is 5.52 Å². The zero-order valence-electron chi connectivity index (χ0n) is 15.3. The van der Waals surface area contributed by atoms with Gasteiger partial charge in [-0.25, -0.2) is 0 Å². The van der Waals surface area contributed by atoms with E-state index < -0.39 is 0 Å². The van der Waals surface area contributed by atoms with Crippen molar-refractivity contribution in [3.63, 3.8) is 0 Å². The first kappa shape index (κ1) is 19.2. The third-order valence-corrected chi connectivity index (χ3v) is 4.55. The van der Waals surface area contributed by atoms with E-state index in [0.717, 1.165) is 43.4 Å². The van der Waals surface area contributed by atoms with Crippen molar-refractivity contribution in [2.24, 2.45) is 0 Å². The van der Waals surface area contributed by atoms with Gasteiger partial charge in [0.25, 0.3) is 0 Å². The number of rotatable bonds is 10. The lowest BCUT2D eigenvalue weighted by Crippen LogP contribution is -2.27. The summed E-state index contributed by atoms with van der Waals surface area (Å²) in [5.74, 6) is -0.0921. The van der Waals surface area contributed by atoms with Crippen molar-refractivity contribution < 1.29 is 9.59 Å². The number of para-hydroxylation sites is 1. The van der Waals surface area contributed by atoms with Gasteiger partial charge in [-0.3, -0.25) is 14.2 Å². The van der Waals surface area contributed by atoms with Crippen molar-refractivity contribution in [2.75, 3.05) is 26.2 Å². The minimum Gasteiger partial charge on any atom is -0.356 e. The highest BCUT2D eigenvalue weighted by Gasteiger charge is 2.11. The molecule has 0 spiro atoms. The number of hydrogen-bond donors (Lipinski definition) is 1. The molecule has 136 valence electrons. The Kier molecular flexibility index (Phi) is 7.67. The molecule has 0 aliphatic heterocycles. The van der Waals surface area contributed by atoms with Crippen LogP contribution in [0.15, 0.2) is 36.5 Å². The van der Waals surface area contributed by atoms with E-state index in [1.807, 2.05) is 30.3 Å². The molecule has 0 saturated heterocycles. The molecule has 0 saturated carbocycles. The highest BCUT2D eigenvalue weighted by Crippen LogP contribution is 2.15. The van der Waals surface area contributed by atoms with Crippen molar-refractivity contribution in [1.29, 1.82) is 0 Å². The maximum absolute atomic E-state index is 12.3. The molecule has 5 heteroatoms. The van der Waals surface area contributed by atoms with Gasteiger partial charge in [0.2, 0.25) is 11.8 Å². The number of aromatic nitrogens is 1. The molecule has 0 atom stereocenters. The first-order valence-electron chi connectivity index (χ1n) is 9.24. The molecule has 0 radical (unpaired) electrons. The first-order valence-corrected chi connectivity index (χ1v) is 9.24. The Balaban J connectivity index is 1.67. The number of carbonyl (C=O) groups excluding carboxylic acids is 2. The van der Waals surface area contributed by atoms with Crippen LogP contribution in [0.25, 0.3) is 10.9 Å². The summed E-state index contributed by atoms with van der Waals surface area (Å²) in [6.45, 7) is 8.22. The second-order valence-corrected chi connectivity index (χ2v) is 6.22. The number of benzene rings is 1. The quantitative estimate of drug-likeness (QED) is 0.674. The van der Waals surface area contributed by atoms with Crippen LogP contribution in [-0.2, 0) is 4.79 Å². The van der Waals surface area contributed by atoms with Crippen LogP contribution in [0.3, 0.4) is 0 Å². The Bertz CT molecular complexity index is 689. The molecule has 2 rings (SSSR count). The maximum atomic E-state index is 12.3. The Labute approximate surface area is 150 Å². The van der Waals surface area contributed by atoms with Crippen LogP contribution < -0.4 is 5.32 Å². The molecule has 1 aromatic carbocycles. The summed E-state index contributed by atoms with van der Waals surface area (Å²) in [6, 6.07) is 9.68. The summed E-state index contributed by atoms with van der Waals surface area (Å²) in [5, 5.41) is 3.95. The lowest BCUT2D eigenvalue weighted by atomic mass is 10.2. The van der Waals surface area contributed by atoms with Gasteiger partial charge in [-0.15, -0.1) is 0 Å². The summed E-state index contributed by atoms with van der Waals surface area (Å²) < 4.78 is 1.63. The number of unbranched alkanes of at least 4 members (excludes halogenated alkanes) is 1. The standard InChI is InChI=1S/C20H29N3O2/c1-3-22(4-2)15-8-7-14-21-19(24)11-12-20(25)23-16-13-17-9-5-6-10-18(17)23/h5-6,9-10,13,16H,3-4,7-8,11-12,14-15H2,1-2H3,(H,21,24). The zero-order valence-corrected chi connectivity index (χ0v) is 15.3. The van der Waals surface area contributed by atoms with Crippen LogP contribution in [0.4, 0.5) is 0 Å². The molecular weight excluding hydrogens is 314 g/mol. The Morgan fingerprint density at radius 1 is 1.04 bits per heavy atom. The largest absolute Gasteiger partial charge is 0.356 e. The molecule has 1 N–H and O–H groups in total. The highest BCUT2D eigenvalue weighted by atomic mass is 16.2. The second-order valence-electron chi connectivity index (χ2n) is 6.22. The van der Waals surface area contributed by atoms with Gasteiger partial charge in [0, 0.05) is 31.0 Å². The van der Waals surface area contributed by atoms with Gasteiger partial charge < -0.3 is 10.2 Å². The van der Waals surface area contributed by atoms with E-state index in [1.54, 1.807) is 10.8 Å². The van der Waals surface area contributed by atoms with Crippen LogP contribution in [0.1, 0.15) is 44.3 Å². The van der Waals surface area contributed by atoms with Gasteiger partial charge in [0.15, 0.2) is 0 Å². The van der Waals surface area contributed by atoms with E-state index in [4.69, 9.17) is 0 Å². The lowest BCUT2D eigenvalue weighted by Gasteiger charge is -2.17. The van der Waals surface area contributed by atoms with Crippen molar-refractivity contribution in [3.8, 4) is 0 Å². The maximum Gasteiger partial charge on any atom is 0.231 e. The third-order valence-electron chi connectivity index (χ3n) is 4.55.